The molecule has 1 N–H and O–H groups in total. The predicted octanol–water partition coefficient (Wildman–Crippen LogP) is 2.41. The van der Waals surface area contributed by atoms with Crippen LogP contribution in [0.5, 0.6) is 0 Å². The van der Waals surface area contributed by atoms with E-state index in [9.17, 15) is 13.2 Å². The Bertz CT molecular complexity index is 589. The molecule has 0 aliphatic heterocycles. The highest BCUT2D eigenvalue weighted by atomic mass is 32.2. The van der Waals surface area contributed by atoms with Crippen molar-refractivity contribution in [2.45, 2.75) is 44.9 Å². The molecule has 0 atom stereocenters. The van der Waals surface area contributed by atoms with E-state index >= 15 is 0 Å². The van der Waals surface area contributed by atoms with Crippen LogP contribution in [0.1, 0.15) is 38.7 Å². The van der Waals surface area contributed by atoms with Crippen LogP contribution in [0.15, 0.2) is 33.6 Å². The second kappa shape index (κ2) is 7.19. The first-order valence-corrected chi connectivity index (χ1v) is 8.03. The molecule has 1 aromatic rings. The first kappa shape index (κ1) is 16.4. The molecule has 0 aliphatic rings. The standard InChI is InChI=1S/C14H20N2O3S/c1-4-6-14(17)15-13(5-2)16-20(18,19)12-9-7-11(3)8-10-12/h7-10H,4-6H2,1-3H3,(H,15,16,17). The van der Waals surface area contributed by atoms with Crippen molar-refractivity contribution in [1.29, 1.82) is 0 Å². The van der Waals surface area contributed by atoms with Crippen molar-refractivity contribution in [3.8, 4) is 0 Å². The van der Waals surface area contributed by atoms with Crippen LogP contribution in [-0.4, -0.2) is 20.2 Å². The molecule has 0 aromatic heterocycles. The Balaban J connectivity index is 2.98. The van der Waals surface area contributed by atoms with Gasteiger partial charge in [0, 0.05) is 12.8 Å². The van der Waals surface area contributed by atoms with Crippen LogP contribution in [0.4, 0.5) is 0 Å². The second-order valence-corrected chi connectivity index (χ2v) is 6.08. The van der Waals surface area contributed by atoms with Crippen LogP contribution in [-0.2, 0) is 14.8 Å². The molecule has 0 saturated carbocycles. The molecule has 0 unspecified atom stereocenters. The average Bonchev–Trinajstić information content (AvgIpc) is 2.38. The lowest BCUT2D eigenvalue weighted by atomic mass is 10.2. The van der Waals surface area contributed by atoms with Gasteiger partial charge in [0.05, 0.1) is 4.90 Å². The summed E-state index contributed by atoms with van der Waals surface area (Å²) in [4.78, 5) is 11.6. The first-order valence-electron chi connectivity index (χ1n) is 6.59. The molecule has 0 saturated heterocycles. The van der Waals surface area contributed by atoms with E-state index in [0.29, 0.717) is 19.3 Å². The van der Waals surface area contributed by atoms with E-state index < -0.39 is 10.0 Å². The summed E-state index contributed by atoms with van der Waals surface area (Å²) in [6.07, 6.45) is 1.40. The summed E-state index contributed by atoms with van der Waals surface area (Å²) >= 11 is 0. The number of amides is 1. The van der Waals surface area contributed by atoms with E-state index in [4.69, 9.17) is 0 Å². The SMILES string of the molecule is CCCC(=O)N/C(CC)=N/S(=O)(=O)c1ccc(C)cc1. The molecule has 5 nitrogen and oxygen atoms in total. The monoisotopic (exact) mass is 296 g/mol. The van der Waals surface area contributed by atoms with E-state index in [1.165, 1.54) is 12.1 Å². The maximum Gasteiger partial charge on any atom is 0.283 e. The van der Waals surface area contributed by atoms with Crippen molar-refractivity contribution < 1.29 is 13.2 Å². The van der Waals surface area contributed by atoms with Crippen molar-refractivity contribution in [2.24, 2.45) is 4.40 Å². The number of amidine groups is 1. The summed E-state index contributed by atoms with van der Waals surface area (Å²) in [5, 5.41) is 2.54. The highest BCUT2D eigenvalue weighted by Gasteiger charge is 2.14. The highest BCUT2D eigenvalue weighted by Crippen LogP contribution is 2.13. The lowest BCUT2D eigenvalue weighted by Crippen LogP contribution is -2.30. The van der Waals surface area contributed by atoms with Crippen LogP contribution in [0, 0.1) is 6.92 Å². The Morgan fingerprint density at radius 3 is 2.30 bits per heavy atom. The van der Waals surface area contributed by atoms with Gasteiger partial charge in [-0.05, 0) is 25.5 Å². The van der Waals surface area contributed by atoms with Crippen LogP contribution < -0.4 is 5.32 Å². The largest absolute Gasteiger partial charge is 0.314 e. The van der Waals surface area contributed by atoms with E-state index in [0.717, 1.165) is 5.56 Å². The van der Waals surface area contributed by atoms with Gasteiger partial charge in [0.2, 0.25) is 5.91 Å². The molecule has 0 spiro atoms. The highest BCUT2D eigenvalue weighted by molar-refractivity contribution is 7.90. The summed E-state index contributed by atoms with van der Waals surface area (Å²) in [6, 6.07) is 6.44. The fraction of sp³-hybridized carbons (Fsp3) is 0.429. The Kier molecular flexibility index (Phi) is 5.88. The summed E-state index contributed by atoms with van der Waals surface area (Å²) in [7, 11) is -3.78. The zero-order chi connectivity index (χ0) is 15.2. The number of sulfonamides is 1. The van der Waals surface area contributed by atoms with Crippen LogP contribution >= 0.6 is 0 Å². The van der Waals surface area contributed by atoms with Gasteiger partial charge in [-0.2, -0.15) is 8.42 Å². The average molecular weight is 296 g/mol. The summed E-state index contributed by atoms with van der Waals surface area (Å²) < 4.78 is 27.9. The van der Waals surface area contributed by atoms with E-state index in [2.05, 4.69) is 9.71 Å². The van der Waals surface area contributed by atoms with Gasteiger partial charge in [-0.3, -0.25) is 4.79 Å². The van der Waals surface area contributed by atoms with Crippen molar-refractivity contribution in [1.82, 2.24) is 5.32 Å². The minimum Gasteiger partial charge on any atom is -0.314 e. The van der Waals surface area contributed by atoms with Gasteiger partial charge in [-0.15, -0.1) is 4.40 Å². The lowest BCUT2D eigenvalue weighted by Gasteiger charge is -2.06. The number of benzene rings is 1. The molecule has 0 aliphatic carbocycles. The number of carbonyl (C=O) groups excluding carboxylic acids is 1. The van der Waals surface area contributed by atoms with Crippen molar-refractivity contribution in [3.05, 3.63) is 29.8 Å². The third-order valence-electron chi connectivity index (χ3n) is 2.64. The van der Waals surface area contributed by atoms with Crippen molar-refractivity contribution >= 4 is 21.8 Å². The minimum atomic E-state index is -3.78. The molecule has 0 fully saturated rings. The number of hydrogen-bond acceptors (Lipinski definition) is 3. The Labute approximate surface area is 120 Å². The number of carbonyl (C=O) groups is 1. The zero-order valence-corrected chi connectivity index (χ0v) is 12.8. The zero-order valence-electron chi connectivity index (χ0n) is 12.0. The smallest absolute Gasteiger partial charge is 0.283 e. The molecule has 20 heavy (non-hydrogen) atoms. The minimum absolute atomic E-state index is 0.124. The van der Waals surface area contributed by atoms with Crippen LogP contribution in [0.2, 0.25) is 0 Å². The molecule has 1 aromatic carbocycles. The van der Waals surface area contributed by atoms with Crippen molar-refractivity contribution in [3.63, 3.8) is 0 Å². The fourth-order valence-corrected chi connectivity index (χ4v) is 2.58. The van der Waals surface area contributed by atoms with Gasteiger partial charge in [0.25, 0.3) is 10.0 Å². The molecule has 6 heteroatoms. The Hall–Kier alpha value is -1.69. The predicted molar refractivity (Wildman–Crippen MR) is 79.1 cm³/mol. The molecule has 110 valence electrons. The number of rotatable bonds is 5. The normalized spacial score (nSPS) is 12.2. The molecular weight excluding hydrogens is 276 g/mol. The fourth-order valence-electron chi connectivity index (χ4n) is 1.53. The molecule has 0 radical (unpaired) electrons. The number of hydrogen-bond donors (Lipinski definition) is 1. The summed E-state index contributed by atoms with van der Waals surface area (Å²) in [6.45, 7) is 5.50. The second-order valence-electron chi connectivity index (χ2n) is 4.48. The summed E-state index contributed by atoms with van der Waals surface area (Å²) in [5.74, 6) is -0.0452. The maximum absolute atomic E-state index is 12.1. The van der Waals surface area contributed by atoms with E-state index in [-0.39, 0.29) is 16.6 Å². The molecule has 1 amide bonds. The lowest BCUT2D eigenvalue weighted by molar-refractivity contribution is -0.119. The van der Waals surface area contributed by atoms with Gasteiger partial charge in [0.15, 0.2) is 0 Å². The van der Waals surface area contributed by atoms with Crippen molar-refractivity contribution in [2.75, 3.05) is 0 Å². The quantitative estimate of drug-likeness (QED) is 0.669. The van der Waals surface area contributed by atoms with Gasteiger partial charge in [-0.25, -0.2) is 0 Å². The molecule has 1 rings (SSSR count). The van der Waals surface area contributed by atoms with Gasteiger partial charge in [0.1, 0.15) is 5.84 Å². The summed E-state index contributed by atoms with van der Waals surface area (Å²) in [5.41, 5.74) is 0.972. The van der Waals surface area contributed by atoms with Crippen LogP contribution in [0.25, 0.3) is 0 Å². The van der Waals surface area contributed by atoms with Crippen LogP contribution in [0.3, 0.4) is 0 Å². The molecule has 0 heterocycles. The van der Waals surface area contributed by atoms with Gasteiger partial charge in [-0.1, -0.05) is 31.5 Å². The Morgan fingerprint density at radius 2 is 1.80 bits per heavy atom. The number of nitrogens with zero attached hydrogens (tertiary/aromatic N) is 1. The third kappa shape index (κ3) is 4.77. The topological polar surface area (TPSA) is 75.6 Å². The van der Waals surface area contributed by atoms with Gasteiger partial charge >= 0.3 is 0 Å². The molecule has 0 bridgehead atoms. The number of nitrogens with one attached hydrogen (secondary N) is 1. The third-order valence-corrected chi connectivity index (χ3v) is 3.97. The molecular formula is C14H20N2O3S. The maximum atomic E-state index is 12.1. The number of aryl methyl sites for hydroxylation is 1. The Morgan fingerprint density at radius 1 is 1.20 bits per heavy atom. The first-order chi connectivity index (χ1) is 9.39. The van der Waals surface area contributed by atoms with Gasteiger partial charge < -0.3 is 5.32 Å². The van der Waals surface area contributed by atoms with E-state index in [1.807, 2.05) is 13.8 Å². The van der Waals surface area contributed by atoms with E-state index in [1.54, 1.807) is 19.1 Å².